The monoisotopic (exact) mass is 750 g/mol. The summed E-state index contributed by atoms with van der Waals surface area (Å²) in [5.74, 6) is 3.05. The van der Waals surface area contributed by atoms with Gasteiger partial charge in [0.15, 0.2) is 0 Å². The molecule has 3 heterocycles. The summed E-state index contributed by atoms with van der Waals surface area (Å²) in [6, 6.07) is 43.9. The summed E-state index contributed by atoms with van der Waals surface area (Å²) in [6.45, 7) is 14.0. The highest BCUT2D eigenvalue weighted by Gasteiger charge is 2.71. The second-order valence-corrected chi connectivity index (χ2v) is 18.1. The molecule has 0 saturated heterocycles. The minimum absolute atomic E-state index is 0.0839. The number of hydrogen-bond donors (Lipinski definition) is 1. The number of aliphatic imine (C=N–C) groups is 1. The number of anilines is 4. The number of rotatable bonds is 7. The molecule has 4 nitrogen and oxygen atoms in total. The van der Waals surface area contributed by atoms with E-state index in [1.54, 1.807) is 0 Å². The van der Waals surface area contributed by atoms with E-state index in [0.29, 0.717) is 23.7 Å². The molecule has 5 aromatic carbocycles. The highest BCUT2D eigenvalue weighted by atomic mass is 15.4. The molecule has 3 unspecified atom stereocenters. The molecule has 1 fully saturated rings. The Balaban J connectivity index is 1.10. The van der Waals surface area contributed by atoms with Crippen LogP contribution in [0.5, 0.6) is 0 Å². The fourth-order valence-electron chi connectivity index (χ4n) is 12.2. The number of fused-ring (bicyclic) bond motifs is 12. The molecule has 3 atom stereocenters. The molecular formula is C53H58N4. The smallest absolute Gasteiger partial charge is 0.134 e. The molecule has 0 amide bonds. The molecule has 5 aliphatic rings. The maximum absolute atomic E-state index is 6.07. The lowest BCUT2D eigenvalue weighted by molar-refractivity contribution is 0.245. The second-order valence-electron chi connectivity index (χ2n) is 18.1. The van der Waals surface area contributed by atoms with Crippen molar-refractivity contribution in [2.24, 2.45) is 4.99 Å². The van der Waals surface area contributed by atoms with Crippen molar-refractivity contribution in [2.45, 2.75) is 121 Å². The summed E-state index contributed by atoms with van der Waals surface area (Å²) in [5.41, 5.74) is 17.2. The predicted octanol–water partition coefficient (Wildman–Crippen LogP) is 13.4. The summed E-state index contributed by atoms with van der Waals surface area (Å²) in [6.07, 6.45) is 7.00. The minimum Gasteiger partial charge on any atom is -0.349 e. The summed E-state index contributed by atoms with van der Waals surface area (Å²) < 4.78 is 0. The standard InChI is InChI=1S/C53H58N4/c1-8-52-43-24-15-13-20-41(43)50(54-49-39(33(3)4)22-17-23-40(49)34(5)6)55-53(52,9-2)47-42-21-14-16-25-44(42)57-46-32-38(30-31-45(46)56(7)51(57)48(47)52)37-28-26-36(27-29-37)35-18-11-10-12-19-35/h10-25,30-34,36-37,51H,8-9,26-29H2,1-7H3,(H,54,55). The van der Waals surface area contributed by atoms with Crippen LogP contribution in [0.15, 0.2) is 126 Å². The normalized spacial score (nSPS) is 25.6. The molecule has 0 aromatic heterocycles. The Bertz CT molecular complexity index is 2400. The van der Waals surface area contributed by atoms with Crippen molar-refractivity contribution in [2.75, 3.05) is 22.2 Å². The third-order valence-electron chi connectivity index (χ3n) is 14.9. The number of nitrogens with one attached hydrogen (secondary N) is 1. The zero-order valence-corrected chi connectivity index (χ0v) is 34.9. The summed E-state index contributed by atoms with van der Waals surface area (Å²) >= 11 is 0. The first-order valence-electron chi connectivity index (χ1n) is 21.9. The van der Waals surface area contributed by atoms with Crippen LogP contribution in [0, 0.1) is 0 Å². The van der Waals surface area contributed by atoms with Gasteiger partial charge in [0.1, 0.15) is 17.5 Å². The lowest BCUT2D eigenvalue weighted by Gasteiger charge is -2.66. The van der Waals surface area contributed by atoms with Crippen molar-refractivity contribution in [1.82, 2.24) is 0 Å². The van der Waals surface area contributed by atoms with E-state index in [4.69, 9.17) is 4.99 Å². The van der Waals surface area contributed by atoms with Gasteiger partial charge in [0, 0.05) is 23.9 Å². The van der Waals surface area contributed by atoms with Gasteiger partial charge in [0.05, 0.1) is 22.5 Å². The van der Waals surface area contributed by atoms with Crippen molar-refractivity contribution in [3.63, 3.8) is 0 Å². The summed E-state index contributed by atoms with van der Waals surface area (Å²) in [4.78, 5) is 11.4. The van der Waals surface area contributed by atoms with Crippen LogP contribution in [-0.4, -0.2) is 24.6 Å². The summed E-state index contributed by atoms with van der Waals surface area (Å²) in [7, 11) is 2.34. The molecule has 3 aliphatic heterocycles. The van der Waals surface area contributed by atoms with E-state index in [0.717, 1.165) is 18.7 Å². The van der Waals surface area contributed by atoms with Gasteiger partial charge in [-0.15, -0.1) is 0 Å². The van der Waals surface area contributed by atoms with Gasteiger partial charge < -0.3 is 15.1 Å². The Morgan fingerprint density at radius 3 is 1.95 bits per heavy atom. The average Bonchev–Trinajstić information content (AvgIpc) is 3.53. The van der Waals surface area contributed by atoms with E-state index in [2.05, 4.69) is 179 Å². The molecule has 1 N–H and O–H groups in total. The lowest BCUT2D eigenvalue weighted by Crippen LogP contribution is -2.68. The number of amidine groups is 1. The van der Waals surface area contributed by atoms with Crippen LogP contribution < -0.4 is 15.1 Å². The molecule has 2 aliphatic carbocycles. The van der Waals surface area contributed by atoms with Crippen LogP contribution in [0.25, 0.3) is 5.57 Å². The molecule has 5 aromatic rings. The first kappa shape index (κ1) is 36.3. The quantitative estimate of drug-likeness (QED) is 0.180. The Kier molecular flexibility index (Phi) is 8.59. The van der Waals surface area contributed by atoms with Crippen LogP contribution in [0.1, 0.15) is 143 Å². The largest absolute Gasteiger partial charge is 0.349 e. The molecule has 290 valence electrons. The molecule has 10 rings (SSSR count). The van der Waals surface area contributed by atoms with E-state index < -0.39 is 5.54 Å². The SMILES string of the molecule is CCC12N=C(Nc3c(C(C)C)cccc3C(C)C)c3ccccc3C1(CC)C1=C2c2ccccc2N2c3cc(C4CCC(c5ccccc5)CC4)ccc3N(C)C12. The Morgan fingerprint density at radius 2 is 1.28 bits per heavy atom. The first-order chi connectivity index (χ1) is 27.7. The molecule has 0 radical (unpaired) electrons. The van der Waals surface area contributed by atoms with Crippen molar-refractivity contribution < 1.29 is 0 Å². The Morgan fingerprint density at radius 1 is 0.649 bits per heavy atom. The zero-order valence-electron chi connectivity index (χ0n) is 34.9. The highest BCUT2D eigenvalue weighted by Crippen LogP contribution is 2.72. The van der Waals surface area contributed by atoms with Gasteiger partial charge >= 0.3 is 0 Å². The molecule has 4 heteroatoms. The van der Waals surface area contributed by atoms with Crippen molar-refractivity contribution in [3.8, 4) is 0 Å². The predicted molar refractivity (Wildman–Crippen MR) is 241 cm³/mol. The number of nitrogens with zero attached hydrogens (tertiary/aromatic N) is 3. The van der Waals surface area contributed by atoms with E-state index in [1.165, 1.54) is 98.5 Å². The number of benzene rings is 5. The van der Waals surface area contributed by atoms with E-state index >= 15 is 0 Å². The van der Waals surface area contributed by atoms with Gasteiger partial charge in [0.2, 0.25) is 0 Å². The first-order valence-corrected chi connectivity index (χ1v) is 21.9. The molecule has 57 heavy (non-hydrogen) atoms. The third-order valence-corrected chi connectivity index (χ3v) is 14.9. The average molecular weight is 751 g/mol. The molecular weight excluding hydrogens is 693 g/mol. The van der Waals surface area contributed by atoms with Gasteiger partial charge in [-0.1, -0.05) is 139 Å². The van der Waals surface area contributed by atoms with Gasteiger partial charge in [0.25, 0.3) is 0 Å². The lowest BCUT2D eigenvalue weighted by atomic mass is 9.42. The molecule has 0 bridgehead atoms. The summed E-state index contributed by atoms with van der Waals surface area (Å²) in [5, 5.41) is 4.07. The maximum atomic E-state index is 6.07. The number of likely N-dealkylation sites (N-methyl/N-ethyl adjacent to an activating group) is 1. The van der Waals surface area contributed by atoms with Gasteiger partial charge in [-0.25, -0.2) is 0 Å². The molecule has 1 saturated carbocycles. The second kappa shape index (κ2) is 13.5. The maximum Gasteiger partial charge on any atom is 0.134 e. The van der Waals surface area contributed by atoms with Crippen LogP contribution in [0.3, 0.4) is 0 Å². The van der Waals surface area contributed by atoms with Gasteiger partial charge in [-0.05, 0) is 119 Å². The van der Waals surface area contributed by atoms with Gasteiger partial charge in [-0.2, -0.15) is 0 Å². The van der Waals surface area contributed by atoms with Crippen LogP contribution in [0.4, 0.5) is 22.7 Å². The fourth-order valence-corrected chi connectivity index (χ4v) is 12.2. The van der Waals surface area contributed by atoms with Crippen molar-refractivity contribution in [3.05, 3.63) is 160 Å². The topological polar surface area (TPSA) is 30.9 Å². The minimum atomic E-state index is -0.404. The van der Waals surface area contributed by atoms with Gasteiger partial charge in [-0.3, -0.25) is 4.99 Å². The third kappa shape index (κ3) is 5.01. The van der Waals surface area contributed by atoms with Crippen molar-refractivity contribution in [1.29, 1.82) is 0 Å². The number of hydrogen-bond acceptors (Lipinski definition) is 4. The Hall–Kier alpha value is -5.09. The zero-order chi connectivity index (χ0) is 39.2. The molecule has 0 spiro atoms. The van der Waals surface area contributed by atoms with Crippen molar-refractivity contribution >= 4 is 34.2 Å². The Labute approximate surface area is 340 Å². The van der Waals surface area contributed by atoms with E-state index in [-0.39, 0.29) is 11.6 Å². The highest BCUT2D eigenvalue weighted by molar-refractivity contribution is 6.15. The van der Waals surface area contributed by atoms with Crippen LogP contribution in [-0.2, 0) is 5.41 Å². The van der Waals surface area contributed by atoms with E-state index in [9.17, 15) is 0 Å². The number of para-hydroxylation sites is 2. The van der Waals surface area contributed by atoms with Crippen LogP contribution in [0.2, 0.25) is 0 Å². The fraction of sp³-hybridized carbons (Fsp3) is 0.377. The van der Waals surface area contributed by atoms with Crippen LogP contribution >= 0.6 is 0 Å². The van der Waals surface area contributed by atoms with E-state index in [1.807, 2.05) is 0 Å².